The first-order chi connectivity index (χ1) is 7.04. The van der Waals surface area contributed by atoms with Crippen LogP contribution in [0.1, 0.15) is 13.3 Å². The van der Waals surface area contributed by atoms with Crippen LogP contribution in [0.15, 0.2) is 23.1 Å². The van der Waals surface area contributed by atoms with Gasteiger partial charge in [0, 0.05) is 11.4 Å². The molecule has 1 unspecified atom stereocenters. The Morgan fingerprint density at radius 3 is 2.67 bits per heavy atom. The fourth-order valence-corrected chi connectivity index (χ4v) is 2.79. The van der Waals surface area contributed by atoms with Gasteiger partial charge in [-0.15, -0.1) is 0 Å². The van der Waals surface area contributed by atoms with Crippen molar-refractivity contribution in [3.8, 4) is 0 Å². The summed E-state index contributed by atoms with van der Waals surface area (Å²) in [5, 5.41) is 0.841. The molecular weight excluding hydrogens is 255 g/mol. The van der Waals surface area contributed by atoms with Crippen molar-refractivity contribution in [2.24, 2.45) is 0 Å². The minimum absolute atomic E-state index is 0.00341. The summed E-state index contributed by atoms with van der Waals surface area (Å²) in [5.74, 6) is -0.0549. The van der Waals surface area contributed by atoms with Crippen LogP contribution in [-0.4, -0.2) is 15.7 Å². The fourth-order valence-electron chi connectivity index (χ4n) is 0.978. The number of benzene rings is 1. The van der Waals surface area contributed by atoms with E-state index in [1.54, 1.807) is 19.1 Å². The number of ketones is 1. The highest BCUT2D eigenvalue weighted by Crippen LogP contribution is 2.23. The minimum atomic E-state index is -1.40. The molecular formula is C10H10Cl2O2S. The van der Waals surface area contributed by atoms with Gasteiger partial charge < -0.3 is 0 Å². The Morgan fingerprint density at radius 1 is 1.40 bits per heavy atom. The van der Waals surface area contributed by atoms with E-state index in [4.69, 9.17) is 23.2 Å². The van der Waals surface area contributed by atoms with E-state index in [0.717, 1.165) is 0 Å². The van der Waals surface area contributed by atoms with Crippen molar-refractivity contribution in [2.45, 2.75) is 18.2 Å². The SMILES string of the molecule is CCC(=O)CS(=O)c1cc(Cl)ccc1Cl. The van der Waals surface area contributed by atoms with Gasteiger partial charge in [-0.25, -0.2) is 0 Å². The van der Waals surface area contributed by atoms with E-state index in [1.807, 2.05) is 0 Å². The summed E-state index contributed by atoms with van der Waals surface area (Å²) in [6.07, 6.45) is 0.379. The summed E-state index contributed by atoms with van der Waals surface area (Å²) < 4.78 is 11.7. The summed E-state index contributed by atoms with van der Waals surface area (Å²) in [6.45, 7) is 1.74. The molecule has 0 saturated heterocycles. The molecule has 0 radical (unpaired) electrons. The zero-order chi connectivity index (χ0) is 11.4. The highest BCUT2D eigenvalue weighted by molar-refractivity contribution is 7.86. The van der Waals surface area contributed by atoms with Crippen molar-refractivity contribution in [2.75, 3.05) is 5.75 Å². The van der Waals surface area contributed by atoms with Crippen molar-refractivity contribution >= 4 is 39.8 Å². The molecule has 0 spiro atoms. The largest absolute Gasteiger partial charge is 0.299 e. The van der Waals surface area contributed by atoms with E-state index in [2.05, 4.69) is 0 Å². The van der Waals surface area contributed by atoms with Crippen molar-refractivity contribution in [3.05, 3.63) is 28.2 Å². The lowest BCUT2D eigenvalue weighted by Crippen LogP contribution is -2.09. The Balaban J connectivity index is 2.91. The van der Waals surface area contributed by atoms with E-state index in [0.29, 0.717) is 21.4 Å². The van der Waals surface area contributed by atoms with Gasteiger partial charge in [-0.3, -0.25) is 9.00 Å². The summed E-state index contributed by atoms with van der Waals surface area (Å²) in [7, 11) is -1.40. The van der Waals surface area contributed by atoms with E-state index >= 15 is 0 Å². The van der Waals surface area contributed by atoms with Gasteiger partial charge >= 0.3 is 0 Å². The zero-order valence-corrected chi connectivity index (χ0v) is 10.5. The number of Topliss-reactive ketones (excluding diaryl/α,β-unsaturated/α-hetero) is 1. The third-order valence-corrected chi connectivity index (χ3v) is 3.91. The second-order valence-electron chi connectivity index (χ2n) is 2.96. The van der Waals surface area contributed by atoms with Crippen LogP contribution in [0.5, 0.6) is 0 Å². The Hall–Kier alpha value is -0.380. The van der Waals surface area contributed by atoms with Gasteiger partial charge in [0.25, 0.3) is 0 Å². The normalized spacial score (nSPS) is 12.5. The lowest BCUT2D eigenvalue weighted by Gasteiger charge is -2.03. The van der Waals surface area contributed by atoms with Crippen molar-refractivity contribution in [1.29, 1.82) is 0 Å². The van der Waals surface area contributed by atoms with Crippen LogP contribution in [0.2, 0.25) is 10.0 Å². The predicted octanol–water partition coefficient (Wildman–Crippen LogP) is 3.08. The second-order valence-corrected chi connectivity index (χ2v) is 5.22. The standard InChI is InChI=1S/C10H10Cl2O2S/c1-2-8(13)6-15(14)10-5-7(11)3-4-9(10)12/h3-5H,2,6H2,1H3. The molecule has 0 aliphatic rings. The van der Waals surface area contributed by atoms with Gasteiger partial charge in [-0.2, -0.15) is 0 Å². The quantitative estimate of drug-likeness (QED) is 0.838. The molecule has 5 heteroatoms. The first kappa shape index (κ1) is 12.7. The molecule has 1 aromatic carbocycles. The van der Waals surface area contributed by atoms with Crippen molar-refractivity contribution < 1.29 is 9.00 Å². The third kappa shape index (κ3) is 3.59. The first-order valence-corrected chi connectivity index (χ1v) is 6.47. The molecule has 0 aromatic heterocycles. The predicted molar refractivity (Wildman–Crippen MR) is 63.0 cm³/mol. The van der Waals surface area contributed by atoms with Crippen LogP contribution >= 0.6 is 23.2 Å². The molecule has 82 valence electrons. The summed E-state index contributed by atoms with van der Waals surface area (Å²) in [4.78, 5) is 11.5. The zero-order valence-electron chi connectivity index (χ0n) is 8.13. The highest BCUT2D eigenvalue weighted by atomic mass is 35.5. The topological polar surface area (TPSA) is 34.1 Å². The average Bonchev–Trinajstić information content (AvgIpc) is 2.21. The average molecular weight is 265 g/mol. The maximum atomic E-state index is 11.7. The fraction of sp³-hybridized carbons (Fsp3) is 0.300. The molecule has 15 heavy (non-hydrogen) atoms. The Labute approximate surface area is 101 Å². The van der Waals surface area contributed by atoms with Gasteiger partial charge in [-0.05, 0) is 18.2 Å². The lowest BCUT2D eigenvalue weighted by atomic mass is 10.3. The second kappa shape index (κ2) is 5.64. The van der Waals surface area contributed by atoms with Gasteiger partial charge in [0.1, 0.15) is 5.78 Å². The molecule has 0 amide bonds. The molecule has 1 aromatic rings. The van der Waals surface area contributed by atoms with Gasteiger partial charge in [0.15, 0.2) is 0 Å². The minimum Gasteiger partial charge on any atom is -0.299 e. The number of hydrogen-bond donors (Lipinski definition) is 0. The van der Waals surface area contributed by atoms with Crippen LogP contribution in [0.4, 0.5) is 0 Å². The number of hydrogen-bond acceptors (Lipinski definition) is 2. The van der Waals surface area contributed by atoms with Gasteiger partial charge in [-0.1, -0.05) is 30.1 Å². The van der Waals surface area contributed by atoms with E-state index in [-0.39, 0.29) is 11.5 Å². The van der Waals surface area contributed by atoms with Gasteiger partial charge in [0.05, 0.1) is 26.5 Å². The highest BCUT2D eigenvalue weighted by Gasteiger charge is 2.12. The van der Waals surface area contributed by atoms with Gasteiger partial charge in [0.2, 0.25) is 0 Å². The summed E-state index contributed by atoms with van der Waals surface area (Å²) in [6, 6.07) is 4.72. The van der Waals surface area contributed by atoms with Crippen molar-refractivity contribution in [1.82, 2.24) is 0 Å². The van der Waals surface area contributed by atoms with Crippen LogP contribution in [0.3, 0.4) is 0 Å². The summed E-state index contributed by atoms with van der Waals surface area (Å²) in [5.41, 5.74) is 0. The molecule has 1 rings (SSSR count). The van der Waals surface area contributed by atoms with E-state index in [1.165, 1.54) is 6.07 Å². The molecule has 0 aliphatic carbocycles. The summed E-state index contributed by atoms with van der Waals surface area (Å²) >= 11 is 11.6. The Kier molecular flexibility index (Phi) is 4.77. The molecule has 0 saturated carbocycles. The molecule has 2 nitrogen and oxygen atoms in total. The van der Waals surface area contributed by atoms with E-state index in [9.17, 15) is 9.00 Å². The third-order valence-electron chi connectivity index (χ3n) is 1.82. The molecule has 0 fully saturated rings. The molecule has 0 aliphatic heterocycles. The van der Waals surface area contributed by atoms with Crippen LogP contribution < -0.4 is 0 Å². The van der Waals surface area contributed by atoms with Crippen LogP contribution in [0, 0.1) is 0 Å². The van der Waals surface area contributed by atoms with Crippen LogP contribution in [-0.2, 0) is 15.6 Å². The Bertz CT molecular complexity index is 404. The number of rotatable bonds is 4. The molecule has 1 atom stereocenters. The van der Waals surface area contributed by atoms with Crippen LogP contribution in [0.25, 0.3) is 0 Å². The monoisotopic (exact) mass is 264 g/mol. The smallest absolute Gasteiger partial charge is 0.145 e. The maximum Gasteiger partial charge on any atom is 0.145 e. The number of halogens is 2. The molecule has 0 bridgehead atoms. The molecule has 0 heterocycles. The van der Waals surface area contributed by atoms with Crippen molar-refractivity contribution in [3.63, 3.8) is 0 Å². The molecule has 0 N–H and O–H groups in total. The number of carbonyl (C=O) groups is 1. The Morgan fingerprint density at radius 2 is 2.07 bits per heavy atom. The first-order valence-electron chi connectivity index (χ1n) is 4.39. The number of carbonyl (C=O) groups excluding carboxylic acids is 1. The lowest BCUT2D eigenvalue weighted by molar-refractivity contribution is -0.116. The van der Waals surface area contributed by atoms with E-state index < -0.39 is 10.8 Å². The maximum absolute atomic E-state index is 11.7.